The van der Waals surface area contributed by atoms with E-state index < -0.39 is 0 Å². The zero-order chi connectivity index (χ0) is 10.8. The number of hydrogen-bond donors (Lipinski definition) is 1. The zero-order valence-corrected chi connectivity index (χ0v) is 10.6. The molecule has 0 amide bonds. The van der Waals surface area contributed by atoms with E-state index >= 15 is 0 Å². The number of nitrogens with one attached hydrogen (secondary N) is 1. The molecular weight excluding hydrogens is 194 g/mol. The average Bonchev–Trinajstić information content (AvgIpc) is 3.15. The van der Waals surface area contributed by atoms with Gasteiger partial charge < -0.3 is 5.32 Å². The van der Waals surface area contributed by atoms with Crippen LogP contribution in [0.15, 0.2) is 0 Å². The summed E-state index contributed by atoms with van der Waals surface area (Å²) in [5.41, 5.74) is 0. The summed E-state index contributed by atoms with van der Waals surface area (Å²) in [4.78, 5) is 0. The summed E-state index contributed by atoms with van der Waals surface area (Å²) in [5, 5.41) is 3.94. The predicted octanol–water partition coefficient (Wildman–Crippen LogP) is 3.88. The van der Waals surface area contributed by atoms with Crippen LogP contribution in [0.5, 0.6) is 0 Å². The molecule has 0 bridgehead atoms. The molecule has 92 valence electrons. The summed E-state index contributed by atoms with van der Waals surface area (Å²) in [5.74, 6) is 2.26. The second-order valence-electron chi connectivity index (χ2n) is 6.45. The highest BCUT2D eigenvalue weighted by Crippen LogP contribution is 2.43. The lowest BCUT2D eigenvalue weighted by molar-refractivity contribution is 0.237. The summed E-state index contributed by atoms with van der Waals surface area (Å²) >= 11 is 0. The van der Waals surface area contributed by atoms with Crippen molar-refractivity contribution in [2.75, 3.05) is 0 Å². The highest BCUT2D eigenvalue weighted by Gasteiger charge is 2.34. The van der Waals surface area contributed by atoms with Crippen molar-refractivity contribution >= 4 is 0 Å². The highest BCUT2D eigenvalue weighted by molar-refractivity contribution is 4.88. The summed E-state index contributed by atoms with van der Waals surface area (Å²) < 4.78 is 0. The van der Waals surface area contributed by atoms with Crippen molar-refractivity contribution in [2.24, 2.45) is 11.8 Å². The Hall–Kier alpha value is -0.0400. The third kappa shape index (κ3) is 2.80. The highest BCUT2D eigenvalue weighted by atomic mass is 15.0. The van der Waals surface area contributed by atoms with Gasteiger partial charge in [0, 0.05) is 12.1 Å². The topological polar surface area (TPSA) is 12.0 Å². The van der Waals surface area contributed by atoms with Crippen LogP contribution < -0.4 is 5.32 Å². The normalized spacial score (nSPS) is 37.5. The molecule has 3 aliphatic carbocycles. The third-order valence-corrected chi connectivity index (χ3v) is 5.14. The fourth-order valence-corrected chi connectivity index (χ4v) is 3.93. The van der Waals surface area contributed by atoms with Crippen molar-refractivity contribution in [3.8, 4) is 0 Å². The van der Waals surface area contributed by atoms with Gasteiger partial charge in [0.25, 0.3) is 0 Å². The third-order valence-electron chi connectivity index (χ3n) is 5.14. The Kier molecular flexibility index (Phi) is 3.51. The van der Waals surface area contributed by atoms with Crippen LogP contribution in [0.4, 0.5) is 0 Å². The van der Waals surface area contributed by atoms with Crippen molar-refractivity contribution in [1.82, 2.24) is 5.32 Å². The molecular formula is C15H27N. The van der Waals surface area contributed by atoms with Crippen LogP contribution in [0.2, 0.25) is 0 Å². The van der Waals surface area contributed by atoms with E-state index in [4.69, 9.17) is 0 Å². The predicted molar refractivity (Wildman–Crippen MR) is 68.5 cm³/mol. The van der Waals surface area contributed by atoms with Gasteiger partial charge in [0.2, 0.25) is 0 Å². The maximum Gasteiger partial charge on any atom is 0.00698 e. The van der Waals surface area contributed by atoms with Crippen LogP contribution >= 0.6 is 0 Å². The molecule has 0 aromatic rings. The quantitative estimate of drug-likeness (QED) is 0.762. The lowest BCUT2D eigenvalue weighted by atomic mass is 9.82. The lowest BCUT2D eigenvalue weighted by Crippen LogP contribution is -2.41. The molecule has 3 fully saturated rings. The van der Waals surface area contributed by atoms with Gasteiger partial charge in [0.1, 0.15) is 0 Å². The van der Waals surface area contributed by atoms with Crippen LogP contribution in [0.1, 0.15) is 70.6 Å². The van der Waals surface area contributed by atoms with Crippen LogP contribution in [-0.4, -0.2) is 12.1 Å². The van der Waals surface area contributed by atoms with Crippen molar-refractivity contribution in [2.45, 2.75) is 82.7 Å². The lowest BCUT2D eigenvalue weighted by Gasteiger charge is -2.33. The van der Waals surface area contributed by atoms with Crippen molar-refractivity contribution in [3.05, 3.63) is 0 Å². The second-order valence-corrected chi connectivity index (χ2v) is 6.45. The molecule has 16 heavy (non-hydrogen) atoms. The molecule has 1 nitrogen and oxygen atoms in total. The van der Waals surface area contributed by atoms with Gasteiger partial charge in [-0.1, -0.05) is 19.3 Å². The molecule has 0 heterocycles. The Balaban J connectivity index is 1.39. The van der Waals surface area contributed by atoms with Gasteiger partial charge in [-0.2, -0.15) is 0 Å². The Morgan fingerprint density at radius 3 is 1.56 bits per heavy atom. The summed E-state index contributed by atoms with van der Waals surface area (Å²) in [7, 11) is 0. The van der Waals surface area contributed by atoms with Gasteiger partial charge in [-0.25, -0.2) is 0 Å². The Morgan fingerprint density at radius 1 is 0.500 bits per heavy atom. The molecule has 0 unspecified atom stereocenters. The van der Waals surface area contributed by atoms with Crippen molar-refractivity contribution < 1.29 is 0 Å². The van der Waals surface area contributed by atoms with Crippen LogP contribution in [0.3, 0.4) is 0 Å². The molecule has 3 rings (SSSR count). The van der Waals surface area contributed by atoms with Crippen LogP contribution in [0, 0.1) is 11.8 Å². The summed E-state index contributed by atoms with van der Waals surface area (Å²) in [6.07, 6.45) is 16.4. The summed E-state index contributed by atoms with van der Waals surface area (Å²) in [6, 6.07) is 1.74. The van der Waals surface area contributed by atoms with Gasteiger partial charge in [0.05, 0.1) is 0 Å². The smallest absolute Gasteiger partial charge is 0.00698 e. The van der Waals surface area contributed by atoms with E-state index in [0.29, 0.717) is 0 Å². The van der Waals surface area contributed by atoms with Crippen molar-refractivity contribution in [1.29, 1.82) is 0 Å². The largest absolute Gasteiger partial charge is 0.311 e. The minimum atomic E-state index is 0.872. The molecule has 0 aliphatic heterocycles. The summed E-state index contributed by atoms with van der Waals surface area (Å²) in [6.45, 7) is 0. The molecule has 1 N–H and O–H groups in total. The number of hydrogen-bond acceptors (Lipinski definition) is 1. The first-order valence-corrected chi connectivity index (χ1v) is 7.68. The van der Waals surface area contributed by atoms with E-state index in [1.165, 1.54) is 57.8 Å². The molecule has 3 saturated carbocycles. The van der Waals surface area contributed by atoms with E-state index in [2.05, 4.69) is 5.32 Å². The first kappa shape index (κ1) is 11.1. The first-order chi connectivity index (χ1) is 7.92. The molecule has 3 aliphatic rings. The maximum atomic E-state index is 3.94. The average molecular weight is 221 g/mol. The monoisotopic (exact) mass is 221 g/mol. The minimum Gasteiger partial charge on any atom is -0.311 e. The maximum absolute atomic E-state index is 3.94. The second kappa shape index (κ2) is 5.08. The molecule has 0 saturated heterocycles. The van der Waals surface area contributed by atoms with Gasteiger partial charge in [0.15, 0.2) is 0 Å². The molecule has 0 aromatic carbocycles. The Labute approximate surface area is 100 Å². The molecule has 1 heteroatoms. The van der Waals surface area contributed by atoms with Crippen molar-refractivity contribution in [3.63, 3.8) is 0 Å². The van der Waals surface area contributed by atoms with Crippen LogP contribution in [-0.2, 0) is 0 Å². The Morgan fingerprint density at radius 2 is 1.00 bits per heavy atom. The van der Waals surface area contributed by atoms with Gasteiger partial charge in [-0.3, -0.25) is 0 Å². The number of rotatable bonds is 3. The fraction of sp³-hybridized carbons (Fsp3) is 1.00. The van der Waals surface area contributed by atoms with E-state index in [9.17, 15) is 0 Å². The minimum absolute atomic E-state index is 0.872. The van der Waals surface area contributed by atoms with Gasteiger partial charge >= 0.3 is 0 Å². The van der Waals surface area contributed by atoms with E-state index in [1.54, 1.807) is 12.8 Å². The first-order valence-electron chi connectivity index (χ1n) is 7.68. The van der Waals surface area contributed by atoms with Crippen LogP contribution in [0.25, 0.3) is 0 Å². The van der Waals surface area contributed by atoms with E-state index in [0.717, 1.165) is 23.9 Å². The Bertz CT molecular complexity index is 207. The van der Waals surface area contributed by atoms with E-state index in [-0.39, 0.29) is 0 Å². The molecule has 0 atom stereocenters. The van der Waals surface area contributed by atoms with Gasteiger partial charge in [-0.05, 0) is 63.2 Å². The standard InChI is InChI=1S/C15H27N/c1-2-4-14(5-3-1)16-15-10-8-13(9-11-15)12-6-7-12/h12-16H,1-11H2. The fourth-order valence-electron chi connectivity index (χ4n) is 3.93. The molecule has 0 radical (unpaired) electrons. The van der Waals surface area contributed by atoms with E-state index in [1.807, 2.05) is 0 Å². The SMILES string of the molecule is C1CCC(NC2CCC(C3CC3)CC2)CC1. The van der Waals surface area contributed by atoms with Gasteiger partial charge in [-0.15, -0.1) is 0 Å². The molecule has 0 spiro atoms. The molecule has 0 aromatic heterocycles. The zero-order valence-electron chi connectivity index (χ0n) is 10.6.